The smallest absolute Gasteiger partial charge is 0.303 e. The van der Waals surface area contributed by atoms with Crippen molar-refractivity contribution in [3.05, 3.63) is 33.8 Å². The predicted octanol–water partition coefficient (Wildman–Crippen LogP) is 1.37. The first-order valence-electron chi connectivity index (χ1n) is 6.92. The third-order valence-corrected chi connectivity index (χ3v) is 4.03. The minimum absolute atomic E-state index is 0.0430. The molecule has 0 atom stereocenters. The van der Waals surface area contributed by atoms with E-state index >= 15 is 0 Å². The van der Waals surface area contributed by atoms with E-state index in [0.29, 0.717) is 10.9 Å². The van der Waals surface area contributed by atoms with Crippen LogP contribution in [0.15, 0.2) is 22.7 Å². The van der Waals surface area contributed by atoms with Gasteiger partial charge >= 0.3 is 5.97 Å². The van der Waals surface area contributed by atoms with E-state index in [1.807, 2.05) is 0 Å². The van der Waals surface area contributed by atoms with Crippen molar-refractivity contribution >= 4 is 39.6 Å². The molecule has 0 bridgehead atoms. The number of hydrogen-bond acceptors (Lipinski definition) is 4. The Balaban J connectivity index is 2.01. The molecule has 0 saturated carbocycles. The lowest BCUT2D eigenvalue weighted by Crippen LogP contribution is -2.41. The second kappa shape index (κ2) is 6.91. The lowest BCUT2D eigenvalue weighted by atomic mass is 10.1. The lowest BCUT2D eigenvalue weighted by Gasteiger charge is -2.20. The van der Waals surface area contributed by atoms with Crippen molar-refractivity contribution in [3.63, 3.8) is 0 Å². The van der Waals surface area contributed by atoms with Gasteiger partial charge in [0.15, 0.2) is 0 Å². The molecule has 1 N–H and O–H groups in total. The van der Waals surface area contributed by atoms with Gasteiger partial charge in [-0.1, -0.05) is 15.9 Å². The number of benzene rings is 1. The van der Waals surface area contributed by atoms with Crippen molar-refractivity contribution < 1.29 is 24.3 Å². The Hall–Kier alpha value is -2.22. The van der Waals surface area contributed by atoms with E-state index in [-0.39, 0.29) is 30.6 Å². The van der Waals surface area contributed by atoms with Crippen LogP contribution in [-0.2, 0) is 9.59 Å². The van der Waals surface area contributed by atoms with Crippen molar-refractivity contribution in [1.82, 2.24) is 9.80 Å². The molecule has 122 valence electrons. The van der Waals surface area contributed by atoms with Gasteiger partial charge in [0.1, 0.15) is 6.54 Å². The number of halogens is 1. The SMILES string of the molecule is CN(CCCC(=O)O)C(=O)CN1C(=O)c2ccc(Br)cc2C1=O. The summed E-state index contributed by atoms with van der Waals surface area (Å²) in [6.07, 6.45) is 0.269. The standard InChI is InChI=1S/C15H15BrN2O5/c1-17(6-2-3-13(20)21)12(19)8-18-14(22)10-5-4-9(16)7-11(10)15(18)23/h4-5,7H,2-3,6,8H2,1H3,(H,20,21). The molecule has 1 aromatic rings. The Kier molecular flexibility index (Phi) is 5.15. The average molecular weight is 383 g/mol. The molecule has 0 unspecified atom stereocenters. The van der Waals surface area contributed by atoms with Crippen molar-refractivity contribution in [3.8, 4) is 0 Å². The van der Waals surface area contributed by atoms with Crippen LogP contribution in [0.3, 0.4) is 0 Å². The second-order valence-corrected chi connectivity index (χ2v) is 6.11. The molecule has 3 amide bonds. The van der Waals surface area contributed by atoms with Crippen LogP contribution in [0.1, 0.15) is 33.6 Å². The summed E-state index contributed by atoms with van der Waals surface area (Å²) in [5.74, 6) is -2.34. The topological polar surface area (TPSA) is 95.0 Å². The van der Waals surface area contributed by atoms with Crippen molar-refractivity contribution in [1.29, 1.82) is 0 Å². The fourth-order valence-electron chi connectivity index (χ4n) is 2.25. The van der Waals surface area contributed by atoms with Gasteiger partial charge in [0.2, 0.25) is 5.91 Å². The van der Waals surface area contributed by atoms with Crippen LogP contribution < -0.4 is 0 Å². The second-order valence-electron chi connectivity index (χ2n) is 5.20. The largest absolute Gasteiger partial charge is 0.481 e. The number of aliphatic carboxylic acids is 1. The van der Waals surface area contributed by atoms with Gasteiger partial charge in [0, 0.05) is 24.5 Å². The molecular weight excluding hydrogens is 368 g/mol. The molecule has 23 heavy (non-hydrogen) atoms. The quantitative estimate of drug-likeness (QED) is 0.749. The maximum atomic E-state index is 12.3. The van der Waals surface area contributed by atoms with Crippen LogP contribution >= 0.6 is 15.9 Å². The monoisotopic (exact) mass is 382 g/mol. The molecule has 0 aromatic heterocycles. The highest BCUT2D eigenvalue weighted by Crippen LogP contribution is 2.25. The molecule has 1 aromatic carbocycles. The van der Waals surface area contributed by atoms with E-state index in [1.54, 1.807) is 18.2 Å². The summed E-state index contributed by atoms with van der Waals surface area (Å²) >= 11 is 3.24. The van der Waals surface area contributed by atoms with Gasteiger partial charge in [-0.3, -0.25) is 24.1 Å². The van der Waals surface area contributed by atoms with E-state index < -0.39 is 23.7 Å². The van der Waals surface area contributed by atoms with E-state index in [9.17, 15) is 19.2 Å². The van der Waals surface area contributed by atoms with Crippen LogP contribution in [0.25, 0.3) is 0 Å². The summed E-state index contributed by atoms with van der Waals surface area (Å²) in [7, 11) is 1.51. The maximum absolute atomic E-state index is 12.3. The zero-order valence-electron chi connectivity index (χ0n) is 12.4. The molecule has 8 heteroatoms. The van der Waals surface area contributed by atoms with Crippen molar-refractivity contribution in [2.24, 2.45) is 0 Å². The van der Waals surface area contributed by atoms with Crippen LogP contribution in [0, 0.1) is 0 Å². The van der Waals surface area contributed by atoms with Gasteiger partial charge in [-0.15, -0.1) is 0 Å². The number of carboxylic acid groups (broad SMARTS) is 1. The van der Waals surface area contributed by atoms with Crippen molar-refractivity contribution in [2.45, 2.75) is 12.8 Å². The third-order valence-electron chi connectivity index (χ3n) is 3.54. The number of imide groups is 1. The first kappa shape index (κ1) is 17.1. The molecule has 7 nitrogen and oxygen atoms in total. The highest BCUT2D eigenvalue weighted by atomic mass is 79.9. The summed E-state index contributed by atoms with van der Waals surface area (Å²) in [6.45, 7) is -0.104. The first-order chi connectivity index (χ1) is 10.8. The fraction of sp³-hybridized carbons (Fsp3) is 0.333. The summed E-state index contributed by atoms with van der Waals surface area (Å²) in [5.41, 5.74) is 0.547. The van der Waals surface area contributed by atoms with Crippen LogP contribution in [0.5, 0.6) is 0 Å². The molecule has 0 aliphatic carbocycles. The fourth-order valence-corrected chi connectivity index (χ4v) is 2.62. The Morgan fingerprint density at radius 2 is 1.87 bits per heavy atom. The minimum atomic E-state index is -0.934. The van der Waals surface area contributed by atoms with Crippen molar-refractivity contribution in [2.75, 3.05) is 20.1 Å². The molecule has 2 rings (SSSR count). The molecule has 0 fully saturated rings. The number of carboxylic acids is 1. The Morgan fingerprint density at radius 1 is 1.22 bits per heavy atom. The molecule has 0 radical (unpaired) electrons. The van der Waals surface area contributed by atoms with Gasteiger partial charge in [-0.05, 0) is 24.6 Å². The van der Waals surface area contributed by atoms with Gasteiger partial charge in [-0.2, -0.15) is 0 Å². The normalized spacial score (nSPS) is 13.2. The molecule has 0 saturated heterocycles. The number of carbonyl (C=O) groups is 4. The molecular formula is C15H15BrN2O5. The third kappa shape index (κ3) is 3.76. The zero-order valence-corrected chi connectivity index (χ0v) is 14.0. The summed E-state index contributed by atoms with van der Waals surface area (Å²) in [6, 6.07) is 4.75. The van der Waals surface area contributed by atoms with Crippen LogP contribution in [0.2, 0.25) is 0 Å². The number of hydrogen-bond donors (Lipinski definition) is 1. The summed E-state index contributed by atoms with van der Waals surface area (Å²) < 4.78 is 0.677. The van der Waals surface area contributed by atoms with Gasteiger partial charge in [0.25, 0.3) is 11.8 Å². The van der Waals surface area contributed by atoms with E-state index in [2.05, 4.69) is 15.9 Å². The molecule has 0 spiro atoms. The predicted molar refractivity (Wildman–Crippen MR) is 84.0 cm³/mol. The Bertz CT molecular complexity index is 688. The van der Waals surface area contributed by atoms with Gasteiger partial charge in [-0.25, -0.2) is 0 Å². The number of rotatable bonds is 6. The minimum Gasteiger partial charge on any atom is -0.481 e. The maximum Gasteiger partial charge on any atom is 0.303 e. The number of amides is 3. The van der Waals surface area contributed by atoms with E-state index in [0.717, 1.165) is 4.90 Å². The molecule has 1 aliphatic heterocycles. The number of likely N-dealkylation sites (N-methyl/N-ethyl adjacent to an activating group) is 1. The van der Waals surface area contributed by atoms with E-state index in [1.165, 1.54) is 11.9 Å². The van der Waals surface area contributed by atoms with Gasteiger partial charge < -0.3 is 10.0 Å². The number of nitrogens with zero attached hydrogens (tertiary/aromatic N) is 2. The lowest BCUT2D eigenvalue weighted by molar-refractivity contribution is -0.138. The average Bonchev–Trinajstić information content (AvgIpc) is 2.71. The number of carbonyl (C=O) groups excluding carboxylic acids is 3. The van der Waals surface area contributed by atoms with E-state index in [4.69, 9.17) is 5.11 Å². The van der Waals surface area contributed by atoms with Gasteiger partial charge in [0.05, 0.1) is 11.1 Å². The first-order valence-corrected chi connectivity index (χ1v) is 7.72. The zero-order chi connectivity index (χ0) is 17.1. The highest BCUT2D eigenvalue weighted by molar-refractivity contribution is 9.10. The molecule has 1 aliphatic rings. The van der Waals surface area contributed by atoms with Crippen LogP contribution in [0.4, 0.5) is 0 Å². The Morgan fingerprint density at radius 3 is 2.52 bits per heavy atom. The Labute approximate surface area is 141 Å². The number of fused-ring (bicyclic) bond motifs is 1. The summed E-state index contributed by atoms with van der Waals surface area (Å²) in [4.78, 5) is 49.3. The highest BCUT2D eigenvalue weighted by Gasteiger charge is 2.37. The molecule has 1 heterocycles. The van der Waals surface area contributed by atoms with Crippen LogP contribution in [-0.4, -0.2) is 58.7 Å². The summed E-state index contributed by atoms with van der Waals surface area (Å²) in [5, 5.41) is 8.58.